The fourth-order valence-electron chi connectivity index (χ4n) is 0.743. The maximum Gasteiger partial charge on any atom is 0.599 e. The minimum Gasteiger partial charge on any atom is -1.00 e. The van der Waals surface area contributed by atoms with Crippen LogP contribution in [0.15, 0.2) is 24.4 Å². The summed E-state index contributed by atoms with van der Waals surface area (Å²) in [5.41, 5.74) is 0.718. The molecular formula is C7H8BrNO2. The average Bonchev–Trinajstić information content (AvgIpc) is 1.88. The number of nitrogens with zero attached hydrogens (tertiary/aromatic N) is 1. The van der Waals surface area contributed by atoms with Gasteiger partial charge in [0, 0.05) is 19.1 Å². The lowest BCUT2D eigenvalue weighted by molar-refractivity contribution is -0.591. The van der Waals surface area contributed by atoms with Gasteiger partial charge in [-0.2, -0.15) is 4.79 Å². The molecule has 1 N–H and O–H groups in total. The minimum atomic E-state index is -0.946. The maximum absolute atomic E-state index is 10.4. The van der Waals surface area contributed by atoms with Crippen LogP contribution in [0.5, 0.6) is 0 Å². The van der Waals surface area contributed by atoms with Crippen molar-refractivity contribution >= 4 is 6.09 Å². The summed E-state index contributed by atoms with van der Waals surface area (Å²) in [5, 5.41) is 8.53. The van der Waals surface area contributed by atoms with E-state index in [9.17, 15) is 4.79 Å². The fourth-order valence-corrected chi connectivity index (χ4v) is 0.743. The van der Waals surface area contributed by atoms with Gasteiger partial charge in [-0.25, -0.2) is 0 Å². The Bertz CT molecular complexity index is 262. The smallest absolute Gasteiger partial charge is 0.599 e. The van der Waals surface area contributed by atoms with Crippen molar-refractivity contribution in [2.45, 2.75) is 6.92 Å². The van der Waals surface area contributed by atoms with E-state index >= 15 is 0 Å². The predicted molar refractivity (Wildman–Crippen MR) is 34.8 cm³/mol. The number of rotatable bonds is 0. The van der Waals surface area contributed by atoms with Gasteiger partial charge in [-0.05, 0) is 0 Å². The maximum atomic E-state index is 10.4. The molecule has 3 nitrogen and oxygen atoms in total. The molecule has 1 aromatic rings. The van der Waals surface area contributed by atoms with Gasteiger partial charge in [0.05, 0.1) is 0 Å². The Labute approximate surface area is 75.1 Å². The van der Waals surface area contributed by atoms with Crippen molar-refractivity contribution in [1.82, 2.24) is 0 Å². The Hall–Kier alpha value is -0.900. The van der Waals surface area contributed by atoms with Crippen molar-refractivity contribution in [3.63, 3.8) is 0 Å². The SMILES string of the molecule is Cc1cccc[n+]1C(=O)O.[Br-]. The monoisotopic (exact) mass is 217 g/mol. The lowest BCUT2D eigenvalue weighted by atomic mass is 10.4. The minimum absolute atomic E-state index is 0. The zero-order chi connectivity index (χ0) is 7.56. The first-order valence-corrected chi connectivity index (χ1v) is 2.92. The molecule has 0 aliphatic carbocycles. The Morgan fingerprint density at radius 1 is 1.55 bits per heavy atom. The van der Waals surface area contributed by atoms with Crippen molar-refractivity contribution in [1.29, 1.82) is 0 Å². The van der Waals surface area contributed by atoms with Gasteiger partial charge in [0.15, 0.2) is 11.9 Å². The molecule has 0 radical (unpaired) electrons. The summed E-state index contributed by atoms with van der Waals surface area (Å²) in [6.45, 7) is 1.74. The quantitative estimate of drug-likeness (QED) is 0.503. The van der Waals surface area contributed by atoms with Crippen LogP contribution >= 0.6 is 0 Å². The summed E-state index contributed by atoms with van der Waals surface area (Å²) < 4.78 is 1.17. The van der Waals surface area contributed by atoms with Crippen LogP contribution in [0.1, 0.15) is 5.69 Å². The molecule has 0 saturated carbocycles. The second-order valence-electron chi connectivity index (χ2n) is 1.99. The van der Waals surface area contributed by atoms with Crippen LogP contribution in [0.3, 0.4) is 0 Å². The summed E-state index contributed by atoms with van der Waals surface area (Å²) in [4.78, 5) is 10.4. The van der Waals surface area contributed by atoms with Gasteiger partial charge in [0.2, 0.25) is 0 Å². The summed E-state index contributed by atoms with van der Waals surface area (Å²) >= 11 is 0. The third-order valence-corrected chi connectivity index (χ3v) is 1.27. The third kappa shape index (κ3) is 2.31. The van der Waals surface area contributed by atoms with Crippen LogP contribution in [0, 0.1) is 6.92 Å². The Morgan fingerprint density at radius 2 is 2.18 bits per heavy atom. The molecule has 11 heavy (non-hydrogen) atoms. The molecule has 0 aromatic carbocycles. The molecule has 0 spiro atoms. The van der Waals surface area contributed by atoms with Gasteiger partial charge >= 0.3 is 6.09 Å². The number of hydrogen-bond donors (Lipinski definition) is 1. The predicted octanol–water partition coefficient (Wildman–Crippen LogP) is -2.19. The Kier molecular flexibility index (Phi) is 3.74. The topological polar surface area (TPSA) is 41.2 Å². The van der Waals surface area contributed by atoms with Crippen LogP contribution in [-0.4, -0.2) is 11.2 Å². The lowest BCUT2D eigenvalue weighted by Crippen LogP contribution is -3.00. The average molecular weight is 218 g/mol. The van der Waals surface area contributed by atoms with E-state index in [4.69, 9.17) is 5.11 Å². The summed E-state index contributed by atoms with van der Waals surface area (Å²) in [5.74, 6) is 0. The molecule has 0 amide bonds. The molecule has 1 heterocycles. The number of aromatic nitrogens is 1. The third-order valence-electron chi connectivity index (χ3n) is 1.27. The molecule has 0 aliphatic heterocycles. The standard InChI is InChI=1S/C7H7NO2.BrH/c1-6-4-2-3-5-8(6)7(9)10;/h2-5H,1H3;1H. The molecule has 4 heteroatoms. The van der Waals surface area contributed by atoms with E-state index in [1.54, 1.807) is 25.1 Å². The number of pyridine rings is 1. The van der Waals surface area contributed by atoms with Gasteiger partial charge < -0.3 is 22.1 Å². The van der Waals surface area contributed by atoms with E-state index in [-0.39, 0.29) is 17.0 Å². The highest BCUT2D eigenvalue weighted by Gasteiger charge is 2.12. The highest BCUT2D eigenvalue weighted by atomic mass is 79.9. The molecule has 0 aliphatic rings. The molecule has 0 fully saturated rings. The summed E-state index contributed by atoms with van der Waals surface area (Å²) in [6.07, 6.45) is 0.565. The van der Waals surface area contributed by atoms with Crippen molar-refractivity contribution in [2.75, 3.05) is 0 Å². The van der Waals surface area contributed by atoms with E-state index in [0.717, 1.165) is 5.69 Å². The number of carbonyl (C=O) groups is 1. The van der Waals surface area contributed by atoms with Gasteiger partial charge in [0.1, 0.15) is 0 Å². The molecule has 1 aromatic heterocycles. The van der Waals surface area contributed by atoms with Crippen molar-refractivity contribution in [3.8, 4) is 0 Å². The zero-order valence-corrected chi connectivity index (χ0v) is 7.58. The lowest BCUT2D eigenvalue weighted by Gasteiger charge is -1.88. The first kappa shape index (κ1) is 10.1. The number of aryl methyl sites for hydroxylation is 1. The van der Waals surface area contributed by atoms with Gasteiger partial charge in [0.25, 0.3) is 0 Å². The number of hydrogen-bond acceptors (Lipinski definition) is 1. The van der Waals surface area contributed by atoms with Gasteiger partial charge in [-0.3, -0.25) is 0 Å². The van der Waals surface area contributed by atoms with Gasteiger partial charge in [-0.15, -0.1) is 0 Å². The van der Waals surface area contributed by atoms with Crippen molar-refractivity contribution in [3.05, 3.63) is 30.1 Å². The number of carboxylic acid groups (broad SMARTS) is 1. The van der Waals surface area contributed by atoms with Gasteiger partial charge in [-0.1, -0.05) is 10.6 Å². The normalized spacial score (nSPS) is 8.45. The van der Waals surface area contributed by atoms with Crippen LogP contribution in [0.2, 0.25) is 0 Å². The van der Waals surface area contributed by atoms with Crippen LogP contribution < -0.4 is 21.5 Å². The van der Waals surface area contributed by atoms with E-state index < -0.39 is 6.09 Å². The molecule has 1 rings (SSSR count). The van der Waals surface area contributed by atoms with E-state index in [0.29, 0.717) is 0 Å². The summed E-state index contributed by atoms with van der Waals surface area (Å²) in [6, 6.07) is 5.23. The van der Waals surface area contributed by atoms with Crippen LogP contribution in [0.4, 0.5) is 4.79 Å². The second kappa shape index (κ2) is 4.08. The fraction of sp³-hybridized carbons (Fsp3) is 0.143. The second-order valence-corrected chi connectivity index (χ2v) is 1.99. The van der Waals surface area contributed by atoms with Crippen LogP contribution in [-0.2, 0) is 0 Å². The zero-order valence-electron chi connectivity index (χ0n) is 5.99. The highest BCUT2D eigenvalue weighted by molar-refractivity contribution is 5.53. The molecule has 0 atom stereocenters. The highest BCUT2D eigenvalue weighted by Crippen LogP contribution is 1.85. The molecular weight excluding hydrogens is 210 g/mol. The largest absolute Gasteiger partial charge is 1.00 e. The molecule has 0 bridgehead atoms. The Balaban J connectivity index is 0.000001000. The van der Waals surface area contributed by atoms with E-state index in [1.807, 2.05) is 0 Å². The Morgan fingerprint density at radius 3 is 2.55 bits per heavy atom. The van der Waals surface area contributed by atoms with Crippen LogP contribution in [0.25, 0.3) is 0 Å². The first-order valence-electron chi connectivity index (χ1n) is 2.92. The molecule has 60 valence electrons. The molecule has 0 saturated heterocycles. The number of halogens is 1. The van der Waals surface area contributed by atoms with Crippen molar-refractivity contribution < 1.29 is 31.4 Å². The summed E-state index contributed by atoms with van der Waals surface area (Å²) in [7, 11) is 0. The van der Waals surface area contributed by atoms with E-state index in [1.165, 1.54) is 10.8 Å². The first-order chi connectivity index (χ1) is 4.72. The molecule has 0 unspecified atom stereocenters. The van der Waals surface area contributed by atoms with Crippen molar-refractivity contribution in [2.24, 2.45) is 0 Å². The van der Waals surface area contributed by atoms with E-state index in [2.05, 4.69) is 0 Å².